The molecule has 0 spiro atoms. The van der Waals surface area contributed by atoms with Gasteiger partial charge in [-0.2, -0.15) is 5.10 Å². The third-order valence-electron chi connectivity index (χ3n) is 10.00. The Kier molecular flexibility index (Phi) is 11.9. The van der Waals surface area contributed by atoms with E-state index in [0.29, 0.717) is 28.8 Å². The number of terminal acetylenes is 1. The molecular formula is C48H46N12O2. The summed E-state index contributed by atoms with van der Waals surface area (Å²) in [6.45, 7) is 10.5. The van der Waals surface area contributed by atoms with E-state index in [2.05, 4.69) is 83.8 Å². The quantitative estimate of drug-likeness (QED) is 0.0758. The van der Waals surface area contributed by atoms with Crippen molar-refractivity contribution in [2.75, 3.05) is 35.6 Å². The highest BCUT2D eigenvalue weighted by atomic mass is 16.2. The van der Waals surface area contributed by atoms with Gasteiger partial charge >= 0.3 is 0 Å². The van der Waals surface area contributed by atoms with Crippen LogP contribution in [0.5, 0.6) is 0 Å². The molecule has 4 aromatic carbocycles. The first kappa shape index (κ1) is 40.7. The molecule has 0 aliphatic heterocycles. The fraction of sp³-hybridized carbons (Fsp3) is 0.188. The highest BCUT2D eigenvalue weighted by Gasteiger charge is 2.18. The summed E-state index contributed by atoms with van der Waals surface area (Å²) in [6.07, 6.45) is 10.5. The van der Waals surface area contributed by atoms with E-state index < -0.39 is 0 Å². The number of carbonyl (C=O) groups is 2. The van der Waals surface area contributed by atoms with Gasteiger partial charge in [-0.3, -0.25) is 23.5 Å². The molecule has 5 aromatic heterocycles. The summed E-state index contributed by atoms with van der Waals surface area (Å²) in [6, 6.07) is 32.6. The van der Waals surface area contributed by atoms with E-state index in [1.807, 2.05) is 97.3 Å². The molecule has 0 saturated carbocycles. The Morgan fingerprint density at radius 1 is 0.661 bits per heavy atom. The molecule has 14 heteroatoms. The Bertz CT molecular complexity index is 3050. The molecule has 5 heterocycles. The lowest BCUT2D eigenvalue weighted by Gasteiger charge is -2.13. The minimum Gasteiger partial charge on any atom is -0.367 e. The second-order valence-corrected chi connectivity index (χ2v) is 15.5. The number of imidazole rings is 2. The molecule has 0 aliphatic rings. The van der Waals surface area contributed by atoms with Gasteiger partial charge in [-0.1, -0.05) is 82.1 Å². The molecule has 2 amide bonds. The predicted octanol–water partition coefficient (Wildman–Crippen LogP) is 8.57. The van der Waals surface area contributed by atoms with Gasteiger partial charge < -0.3 is 21.3 Å². The maximum absolute atomic E-state index is 12.5. The van der Waals surface area contributed by atoms with Crippen LogP contribution in [-0.2, 0) is 0 Å². The van der Waals surface area contributed by atoms with Crippen LogP contribution in [0.4, 0.5) is 17.5 Å². The molecule has 5 N–H and O–H groups in total. The Labute approximate surface area is 358 Å². The Morgan fingerprint density at radius 3 is 1.60 bits per heavy atom. The zero-order valence-corrected chi connectivity index (χ0v) is 34.8. The molecular weight excluding hydrogens is 777 g/mol. The van der Waals surface area contributed by atoms with E-state index in [0.717, 1.165) is 80.6 Å². The zero-order chi connectivity index (χ0) is 43.2. The highest BCUT2D eigenvalue weighted by molar-refractivity contribution is 6.04. The third-order valence-corrected chi connectivity index (χ3v) is 10.00. The summed E-state index contributed by atoms with van der Waals surface area (Å²) in [5, 5.41) is 18.9. The van der Waals surface area contributed by atoms with E-state index in [1.54, 1.807) is 24.4 Å². The van der Waals surface area contributed by atoms with Crippen LogP contribution in [0.1, 0.15) is 48.4 Å². The van der Waals surface area contributed by atoms with E-state index >= 15 is 0 Å². The number of nitrogens with zero attached hydrogens (tertiary/aromatic N) is 7. The summed E-state index contributed by atoms with van der Waals surface area (Å²) >= 11 is 0. The number of nitrogens with one attached hydrogen (secondary N) is 5. The molecule has 0 aliphatic carbocycles. The van der Waals surface area contributed by atoms with Crippen LogP contribution in [0.3, 0.4) is 0 Å². The van der Waals surface area contributed by atoms with E-state index in [9.17, 15) is 9.59 Å². The maximum atomic E-state index is 12.5. The Hall–Kier alpha value is -8.05. The van der Waals surface area contributed by atoms with Gasteiger partial charge in [0.25, 0.3) is 11.8 Å². The number of H-pyrrole nitrogens is 1. The zero-order valence-electron chi connectivity index (χ0n) is 34.8. The molecule has 9 rings (SSSR count). The largest absolute Gasteiger partial charge is 0.367 e. The van der Waals surface area contributed by atoms with Crippen molar-refractivity contribution in [2.24, 2.45) is 11.8 Å². The summed E-state index contributed by atoms with van der Waals surface area (Å²) in [4.78, 5) is 43.5. The van der Waals surface area contributed by atoms with Crippen molar-refractivity contribution < 1.29 is 9.59 Å². The number of fused-ring (bicyclic) bond motifs is 6. The third kappa shape index (κ3) is 8.64. The van der Waals surface area contributed by atoms with Crippen molar-refractivity contribution in [3.63, 3.8) is 0 Å². The van der Waals surface area contributed by atoms with Crippen molar-refractivity contribution in [1.29, 1.82) is 0 Å². The number of hydrogen-bond acceptors (Lipinski definition) is 9. The second-order valence-electron chi connectivity index (χ2n) is 15.5. The maximum Gasteiger partial charge on any atom is 0.256 e. The molecule has 0 atom stereocenters. The summed E-state index contributed by atoms with van der Waals surface area (Å²) < 4.78 is 4.23. The number of aromatic nitrogens is 8. The number of rotatable bonds is 12. The van der Waals surface area contributed by atoms with Crippen LogP contribution in [-0.4, -0.2) is 70.4 Å². The lowest BCUT2D eigenvalue weighted by atomic mass is 10.1. The van der Waals surface area contributed by atoms with E-state index in [4.69, 9.17) is 16.4 Å². The topological polar surface area (TPSA) is 171 Å². The minimum absolute atomic E-state index is 0.188. The lowest BCUT2D eigenvalue weighted by Crippen LogP contribution is -2.23. The van der Waals surface area contributed by atoms with Crippen molar-refractivity contribution >= 4 is 62.6 Å². The SMILES string of the molecule is C#CCNC(=O)c1ccc(-c2cnc3c(NCC(C)C)nc4ccccc4n23)cc1.CC(C)CNc1nc2ccccc2n2c(-c3ccc(C(=O)Nc4ccn[nH]4)cc3)cnc12. The highest BCUT2D eigenvalue weighted by Crippen LogP contribution is 2.30. The molecule has 9 aromatic rings. The van der Waals surface area contributed by atoms with Gasteiger partial charge in [0.1, 0.15) is 5.82 Å². The Morgan fingerprint density at radius 2 is 1.15 bits per heavy atom. The number of para-hydroxylation sites is 4. The van der Waals surface area contributed by atoms with Crippen LogP contribution in [0.15, 0.2) is 122 Å². The summed E-state index contributed by atoms with van der Waals surface area (Å²) in [5.41, 5.74) is 10.2. The van der Waals surface area contributed by atoms with Gasteiger partial charge in [0.15, 0.2) is 22.9 Å². The molecule has 0 fully saturated rings. The number of amides is 2. The molecule has 14 nitrogen and oxygen atoms in total. The molecule has 0 bridgehead atoms. The number of hydrogen-bond donors (Lipinski definition) is 5. The van der Waals surface area contributed by atoms with Gasteiger partial charge in [-0.15, -0.1) is 6.42 Å². The van der Waals surface area contributed by atoms with E-state index in [1.165, 1.54) is 0 Å². The first-order chi connectivity index (χ1) is 30.2. The van der Waals surface area contributed by atoms with Crippen LogP contribution in [0.2, 0.25) is 0 Å². The average Bonchev–Trinajstić information content (AvgIpc) is 4.08. The minimum atomic E-state index is -0.200. The number of anilines is 3. The van der Waals surface area contributed by atoms with Crippen molar-refractivity contribution in [2.45, 2.75) is 27.7 Å². The van der Waals surface area contributed by atoms with Gasteiger partial charge in [-0.25, -0.2) is 19.9 Å². The van der Waals surface area contributed by atoms with Crippen molar-refractivity contribution in [3.05, 3.63) is 133 Å². The molecule has 0 radical (unpaired) electrons. The lowest BCUT2D eigenvalue weighted by molar-refractivity contribution is 0.0957. The van der Waals surface area contributed by atoms with Gasteiger partial charge in [0, 0.05) is 41.4 Å². The monoisotopic (exact) mass is 822 g/mol. The second kappa shape index (κ2) is 18.1. The molecule has 0 unspecified atom stereocenters. The number of benzene rings is 4. The predicted molar refractivity (Wildman–Crippen MR) is 246 cm³/mol. The normalized spacial score (nSPS) is 11.2. The first-order valence-corrected chi connectivity index (χ1v) is 20.4. The first-order valence-electron chi connectivity index (χ1n) is 20.4. The number of carbonyl (C=O) groups excluding carboxylic acids is 2. The average molecular weight is 823 g/mol. The molecule has 0 saturated heterocycles. The molecule has 310 valence electrons. The summed E-state index contributed by atoms with van der Waals surface area (Å²) in [7, 11) is 0. The van der Waals surface area contributed by atoms with E-state index in [-0.39, 0.29) is 18.4 Å². The van der Waals surface area contributed by atoms with Gasteiger partial charge in [-0.05, 0) is 60.4 Å². The van der Waals surface area contributed by atoms with Gasteiger partial charge in [0.2, 0.25) is 0 Å². The van der Waals surface area contributed by atoms with Crippen LogP contribution in [0, 0.1) is 24.2 Å². The smallest absolute Gasteiger partial charge is 0.256 e. The fourth-order valence-corrected chi connectivity index (χ4v) is 6.95. The fourth-order valence-electron chi connectivity index (χ4n) is 6.95. The van der Waals surface area contributed by atoms with Gasteiger partial charge in [0.05, 0.1) is 58.6 Å². The Balaban J connectivity index is 0.000000171. The van der Waals surface area contributed by atoms with Crippen LogP contribution in [0.25, 0.3) is 55.9 Å². The standard InChI is InChI=1S/C24H23N7O.C24H23N5O/c1-15(2)13-25-22-23-26-14-20(31(23)19-6-4-3-5-18(19)28-22)16-7-9-17(10-8-16)24(32)29-21-11-12-27-30-21;1-4-13-25-24(30)18-11-9-17(10-12-18)21-15-27-23-22(26-14-16(2)3)28-19-7-5-6-8-20(19)29(21)23/h3-12,14-15H,13H2,1-2H3,(H,25,28)(H2,27,29,30,32);1,5-12,15-16H,13-14H2,2-3H3,(H,25,30)(H,26,28). The van der Waals surface area contributed by atoms with Crippen LogP contribution >= 0.6 is 0 Å². The summed E-state index contributed by atoms with van der Waals surface area (Å²) in [5.74, 6) is 5.07. The number of aromatic amines is 1. The van der Waals surface area contributed by atoms with Crippen LogP contribution < -0.4 is 21.3 Å². The van der Waals surface area contributed by atoms with Crippen molar-refractivity contribution in [1.82, 2.24) is 44.3 Å². The van der Waals surface area contributed by atoms with Crippen molar-refractivity contribution in [3.8, 4) is 34.9 Å². The molecule has 62 heavy (non-hydrogen) atoms.